The minimum Gasteiger partial charge on any atom is -0.478 e. The second-order valence-electron chi connectivity index (χ2n) is 5.29. The highest BCUT2D eigenvalue weighted by molar-refractivity contribution is 6.05. The van der Waals surface area contributed by atoms with Gasteiger partial charge in [-0.3, -0.25) is 0 Å². The maximum atomic E-state index is 11.5. The highest BCUT2D eigenvalue weighted by atomic mass is 16.4. The normalized spacial score (nSPS) is 10.3. The van der Waals surface area contributed by atoms with Crippen LogP contribution < -0.4 is 0 Å². The molecule has 0 saturated heterocycles. The molecule has 0 radical (unpaired) electrons. The first-order valence-electron chi connectivity index (χ1n) is 7.33. The van der Waals surface area contributed by atoms with Crippen LogP contribution in [0.25, 0.3) is 22.3 Å². The van der Waals surface area contributed by atoms with Crippen molar-refractivity contribution >= 4 is 11.9 Å². The molecule has 0 aliphatic heterocycles. The standard InChI is InChI=1S/C20H14O4/c21-19(22)17-11-15(13-7-3-1-4-8-13)16(12-18(17)20(23)24)14-9-5-2-6-10-14/h1-12H,(H,21,22)(H,23,24). The van der Waals surface area contributed by atoms with E-state index in [1.54, 1.807) is 0 Å². The summed E-state index contributed by atoms with van der Waals surface area (Å²) in [4.78, 5) is 23.0. The molecule has 0 unspecified atom stereocenters. The van der Waals surface area contributed by atoms with Crippen molar-refractivity contribution in [3.63, 3.8) is 0 Å². The number of carboxylic acids is 2. The first-order valence-corrected chi connectivity index (χ1v) is 7.33. The van der Waals surface area contributed by atoms with Crippen molar-refractivity contribution < 1.29 is 19.8 Å². The molecule has 0 bridgehead atoms. The largest absolute Gasteiger partial charge is 0.478 e. The molecule has 24 heavy (non-hydrogen) atoms. The van der Waals surface area contributed by atoms with E-state index in [2.05, 4.69) is 0 Å². The van der Waals surface area contributed by atoms with Crippen LogP contribution in [0.5, 0.6) is 0 Å². The summed E-state index contributed by atoms with van der Waals surface area (Å²) in [6.07, 6.45) is 0. The summed E-state index contributed by atoms with van der Waals surface area (Å²) in [6.45, 7) is 0. The molecule has 0 aliphatic rings. The van der Waals surface area contributed by atoms with E-state index in [-0.39, 0.29) is 11.1 Å². The summed E-state index contributed by atoms with van der Waals surface area (Å²) < 4.78 is 0. The fraction of sp³-hybridized carbons (Fsp3) is 0. The molecule has 3 rings (SSSR count). The van der Waals surface area contributed by atoms with Crippen LogP contribution in [0.4, 0.5) is 0 Å². The van der Waals surface area contributed by atoms with Crippen LogP contribution in [0, 0.1) is 0 Å². The minimum atomic E-state index is -1.26. The molecule has 0 aliphatic carbocycles. The van der Waals surface area contributed by atoms with E-state index in [1.165, 1.54) is 12.1 Å². The lowest BCUT2D eigenvalue weighted by atomic mass is 9.90. The van der Waals surface area contributed by atoms with Crippen molar-refractivity contribution in [2.24, 2.45) is 0 Å². The maximum Gasteiger partial charge on any atom is 0.336 e. The fourth-order valence-electron chi connectivity index (χ4n) is 2.67. The lowest BCUT2D eigenvalue weighted by Gasteiger charge is -2.14. The lowest BCUT2D eigenvalue weighted by molar-refractivity contribution is 0.0651. The van der Waals surface area contributed by atoms with Gasteiger partial charge in [-0.1, -0.05) is 60.7 Å². The number of benzene rings is 3. The Labute approximate surface area is 138 Å². The van der Waals surface area contributed by atoms with Crippen LogP contribution in [-0.2, 0) is 0 Å². The van der Waals surface area contributed by atoms with Crippen molar-refractivity contribution in [2.45, 2.75) is 0 Å². The van der Waals surface area contributed by atoms with E-state index in [9.17, 15) is 19.8 Å². The topological polar surface area (TPSA) is 74.6 Å². The van der Waals surface area contributed by atoms with Crippen molar-refractivity contribution in [1.82, 2.24) is 0 Å². The predicted octanol–water partition coefficient (Wildman–Crippen LogP) is 4.42. The van der Waals surface area contributed by atoms with Crippen LogP contribution in [0.2, 0.25) is 0 Å². The molecular weight excluding hydrogens is 304 g/mol. The van der Waals surface area contributed by atoms with E-state index in [0.717, 1.165) is 11.1 Å². The first-order chi connectivity index (χ1) is 11.6. The molecule has 0 aromatic heterocycles. The summed E-state index contributed by atoms with van der Waals surface area (Å²) in [6, 6.07) is 21.5. The van der Waals surface area contributed by atoms with Crippen molar-refractivity contribution in [3.05, 3.63) is 83.9 Å². The highest BCUT2D eigenvalue weighted by Crippen LogP contribution is 2.34. The van der Waals surface area contributed by atoms with Gasteiger partial charge in [-0.25, -0.2) is 9.59 Å². The van der Waals surface area contributed by atoms with Crippen LogP contribution in [-0.4, -0.2) is 22.2 Å². The van der Waals surface area contributed by atoms with Crippen molar-refractivity contribution in [3.8, 4) is 22.3 Å². The molecule has 0 spiro atoms. The number of carboxylic acid groups (broad SMARTS) is 2. The van der Waals surface area contributed by atoms with Gasteiger partial charge in [-0.2, -0.15) is 0 Å². The van der Waals surface area contributed by atoms with Gasteiger partial charge < -0.3 is 10.2 Å². The second kappa shape index (κ2) is 6.38. The van der Waals surface area contributed by atoms with Gasteiger partial charge in [-0.15, -0.1) is 0 Å². The Balaban J connectivity index is 2.35. The minimum absolute atomic E-state index is 0.221. The van der Waals surface area contributed by atoms with Gasteiger partial charge >= 0.3 is 11.9 Å². The second-order valence-corrected chi connectivity index (χ2v) is 5.29. The van der Waals surface area contributed by atoms with E-state index in [0.29, 0.717) is 11.1 Å². The fourth-order valence-corrected chi connectivity index (χ4v) is 2.67. The SMILES string of the molecule is O=C(O)c1cc(-c2ccccc2)c(-c2ccccc2)cc1C(=O)O. The Kier molecular flexibility index (Phi) is 4.12. The molecule has 0 fully saturated rings. The Morgan fingerprint density at radius 3 is 1.21 bits per heavy atom. The number of rotatable bonds is 4. The van der Waals surface area contributed by atoms with E-state index in [4.69, 9.17) is 0 Å². The third-order valence-corrected chi connectivity index (χ3v) is 3.79. The van der Waals surface area contributed by atoms with Crippen LogP contribution >= 0.6 is 0 Å². The Hall–Kier alpha value is -3.40. The highest BCUT2D eigenvalue weighted by Gasteiger charge is 2.20. The summed E-state index contributed by atoms with van der Waals surface area (Å²) in [5, 5.41) is 18.8. The average Bonchev–Trinajstić information content (AvgIpc) is 2.62. The molecular formula is C20H14O4. The Morgan fingerprint density at radius 1 is 0.583 bits per heavy atom. The number of carbonyl (C=O) groups is 2. The summed E-state index contributed by atoms with van der Waals surface area (Å²) in [5.41, 5.74) is 2.59. The number of hydrogen-bond acceptors (Lipinski definition) is 2. The zero-order valence-electron chi connectivity index (χ0n) is 12.6. The van der Waals surface area contributed by atoms with Gasteiger partial charge in [0.05, 0.1) is 11.1 Å². The zero-order chi connectivity index (χ0) is 17.1. The summed E-state index contributed by atoms with van der Waals surface area (Å²) >= 11 is 0. The molecule has 0 heterocycles. The molecule has 3 aromatic rings. The molecule has 4 heteroatoms. The van der Waals surface area contributed by atoms with E-state index in [1.807, 2.05) is 60.7 Å². The summed E-state index contributed by atoms with van der Waals surface area (Å²) in [7, 11) is 0. The van der Waals surface area contributed by atoms with Gasteiger partial charge in [0.2, 0.25) is 0 Å². The molecule has 0 saturated carbocycles. The van der Waals surface area contributed by atoms with Crippen LogP contribution in [0.3, 0.4) is 0 Å². The third-order valence-electron chi connectivity index (χ3n) is 3.79. The quantitative estimate of drug-likeness (QED) is 0.747. The molecule has 4 nitrogen and oxygen atoms in total. The van der Waals surface area contributed by atoms with Gasteiger partial charge in [0.25, 0.3) is 0 Å². The molecule has 3 aromatic carbocycles. The van der Waals surface area contributed by atoms with Gasteiger partial charge in [0.1, 0.15) is 0 Å². The van der Waals surface area contributed by atoms with Gasteiger partial charge in [-0.05, 0) is 34.4 Å². The van der Waals surface area contributed by atoms with Gasteiger partial charge in [0.15, 0.2) is 0 Å². The third kappa shape index (κ3) is 2.90. The lowest BCUT2D eigenvalue weighted by Crippen LogP contribution is -2.09. The van der Waals surface area contributed by atoms with Crippen LogP contribution in [0.1, 0.15) is 20.7 Å². The molecule has 0 amide bonds. The van der Waals surface area contributed by atoms with Gasteiger partial charge in [0, 0.05) is 0 Å². The predicted molar refractivity (Wildman–Crippen MR) is 91.2 cm³/mol. The average molecular weight is 318 g/mol. The zero-order valence-corrected chi connectivity index (χ0v) is 12.6. The van der Waals surface area contributed by atoms with Crippen molar-refractivity contribution in [2.75, 3.05) is 0 Å². The van der Waals surface area contributed by atoms with E-state index >= 15 is 0 Å². The Bertz CT molecular complexity index is 823. The number of hydrogen-bond donors (Lipinski definition) is 2. The van der Waals surface area contributed by atoms with Crippen molar-refractivity contribution in [1.29, 1.82) is 0 Å². The van der Waals surface area contributed by atoms with Crippen LogP contribution in [0.15, 0.2) is 72.8 Å². The summed E-state index contributed by atoms with van der Waals surface area (Å²) in [5.74, 6) is -2.52. The number of aromatic carboxylic acids is 2. The molecule has 2 N–H and O–H groups in total. The molecule has 0 atom stereocenters. The first kappa shape index (κ1) is 15.5. The monoisotopic (exact) mass is 318 g/mol. The molecule has 118 valence electrons. The Morgan fingerprint density at radius 2 is 0.917 bits per heavy atom. The van der Waals surface area contributed by atoms with E-state index < -0.39 is 11.9 Å². The smallest absolute Gasteiger partial charge is 0.336 e. The maximum absolute atomic E-state index is 11.5.